The molecule has 0 radical (unpaired) electrons. The minimum absolute atomic E-state index is 0.300. The van der Waals surface area contributed by atoms with Gasteiger partial charge in [-0.2, -0.15) is 0 Å². The molecule has 1 aliphatic heterocycles. The molecule has 1 saturated heterocycles. The molecule has 3 unspecified atom stereocenters. The van der Waals surface area contributed by atoms with Crippen LogP contribution in [0.2, 0.25) is 0 Å². The summed E-state index contributed by atoms with van der Waals surface area (Å²) >= 11 is 0. The SMILES string of the molecule is CCCNCC(C)OC1CC(C)OC(C)C1. The van der Waals surface area contributed by atoms with E-state index in [9.17, 15) is 0 Å². The Morgan fingerprint density at radius 2 is 1.94 bits per heavy atom. The van der Waals surface area contributed by atoms with Crippen LogP contribution >= 0.6 is 0 Å². The first kappa shape index (κ1) is 13.9. The van der Waals surface area contributed by atoms with Gasteiger partial charge in [-0.25, -0.2) is 0 Å². The molecule has 3 atom stereocenters. The number of ether oxygens (including phenoxy) is 2. The molecule has 0 amide bonds. The molecule has 1 heterocycles. The minimum atomic E-state index is 0.300. The van der Waals surface area contributed by atoms with Gasteiger partial charge in [0.1, 0.15) is 0 Å². The van der Waals surface area contributed by atoms with Crippen molar-refractivity contribution in [2.45, 2.75) is 71.4 Å². The molecule has 1 fully saturated rings. The van der Waals surface area contributed by atoms with E-state index in [0.717, 1.165) is 25.9 Å². The lowest BCUT2D eigenvalue weighted by molar-refractivity contribution is -0.117. The van der Waals surface area contributed by atoms with E-state index >= 15 is 0 Å². The second-order valence-electron chi connectivity index (χ2n) is 5.00. The highest BCUT2D eigenvalue weighted by Gasteiger charge is 2.26. The maximum absolute atomic E-state index is 6.04. The summed E-state index contributed by atoms with van der Waals surface area (Å²) in [6, 6.07) is 0. The van der Waals surface area contributed by atoms with Crippen LogP contribution in [0.5, 0.6) is 0 Å². The van der Waals surface area contributed by atoms with Crippen molar-refractivity contribution in [1.29, 1.82) is 0 Å². The average Bonchev–Trinajstić information content (AvgIpc) is 2.16. The van der Waals surface area contributed by atoms with Gasteiger partial charge in [0.2, 0.25) is 0 Å². The van der Waals surface area contributed by atoms with Crippen molar-refractivity contribution in [1.82, 2.24) is 5.32 Å². The van der Waals surface area contributed by atoms with Crippen LogP contribution in [0.25, 0.3) is 0 Å². The molecule has 0 bridgehead atoms. The summed E-state index contributed by atoms with van der Waals surface area (Å²) in [5.41, 5.74) is 0. The van der Waals surface area contributed by atoms with Gasteiger partial charge in [-0.3, -0.25) is 0 Å². The summed E-state index contributed by atoms with van der Waals surface area (Å²) in [5.74, 6) is 0. The number of hydrogen-bond donors (Lipinski definition) is 1. The van der Waals surface area contributed by atoms with Crippen LogP contribution in [0.1, 0.15) is 47.0 Å². The molecule has 0 aromatic carbocycles. The first-order chi connectivity index (χ1) is 7.61. The van der Waals surface area contributed by atoms with Crippen molar-refractivity contribution in [3.05, 3.63) is 0 Å². The Morgan fingerprint density at radius 1 is 1.31 bits per heavy atom. The van der Waals surface area contributed by atoms with Crippen LogP contribution in [0, 0.1) is 0 Å². The van der Waals surface area contributed by atoms with Crippen molar-refractivity contribution in [3.63, 3.8) is 0 Å². The normalized spacial score (nSPS) is 32.6. The predicted octanol–water partition coefficient (Wildman–Crippen LogP) is 2.35. The van der Waals surface area contributed by atoms with Crippen molar-refractivity contribution in [3.8, 4) is 0 Å². The lowest BCUT2D eigenvalue weighted by Crippen LogP contribution is -2.38. The van der Waals surface area contributed by atoms with Gasteiger partial charge in [0.25, 0.3) is 0 Å². The van der Waals surface area contributed by atoms with E-state index < -0.39 is 0 Å². The Labute approximate surface area is 99.9 Å². The summed E-state index contributed by atoms with van der Waals surface area (Å²) in [4.78, 5) is 0. The highest BCUT2D eigenvalue weighted by molar-refractivity contribution is 4.75. The molecule has 1 rings (SSSR count). The van der Waals surface area contributed by atoms with E-state index in [4.69, 9.17) is 9.47 Å². The van der Waals surface area contributed by atoms with Gasteiger partial charge in [-0.15, -0.1) is 0 Å². The van der Waals surface area contributed by atoms with Crippen molar-refractivity contribution in [2.75, 3.05) is 13.1 Å². The van der Waals surface area contributed by atoms with Gasteiger partial charge in [-0.05, 0) is 46.6 Å². The largest absolute Gasteiger partial charge is 0.375 e. The van der Waals surface area contributed by atoms with Crippen LogP contribution in [-0.2, 0) is 9.47 Å². The maximum atomic E-state index is 6.04. The number of hydrogen-bond acceptors (Lipinski definition) is 3. The molecular formula is C13H27NO2. The van der Waals surface area contributed by atoms with Crippen LogP contribution in [0.3, 0.4) is 0 Å². The Bertz CT molecular complexity index is 177. The highest BCUT2D eigenvalue weighted by Crippen LogP contribution is 2.22. The number of nitrogens with one attached hydrogen (secondary N) is 1. The van der Waals surface area contributed by atoms with Gasteiger partial charge in [-0.1, -0.05) is 6.92 Å². The Hall–Kier alpha value is -0.120. The lowest BCUT2D eigenvalue weighted by Gasteiger charge is -2.33. The zero-order valence-corrected chi connectivity index (χ0v) is 11.2. The quantitative estimate of drug-likeness (QED) is 0.709. The molecule has 0 spiro atoms. The third-order valence-corrected chi connectivity index (χ3v) is 2.94. The molecule has 0 saturated carbocycles. The van der Waals surface area contributed by atoms with E-state index in [0.29, 0.717) is 24.4 Å². The standard InChI is InChI=1S/C13H27NO2/c1-5-6-14-9-12(4)16-13-7-10(2)15-11(3)8-13/h10-14H,5-9H2,1-4H3. The molecule has 1 aliphatic rings. The van der Waals surface area contributed by atoms with E-state index in [2.05, 4.69) is 33.0 Å². The van der Waals surface area contributed by atoms with Gasteiger partial charge in [0, 0.05) is 6.54 Å². The molecular weight excluding hydrogens is 202 g/mol. The first-order valence-electron chi connectivity index (χ1n) is 6.63. The van der Waals surface area contributed by atoms with Crippen LogP contribution in [0.4, 0.5) is 0 Å². The number of rotatable bonds is 6. The smallest absolute Gasteiger partial charge is 0.0675 e. The van der Waals surface area contributed by atoms with Crippen molar-refractivity contribution < 1.29 is 9.47 Å². The molecule has 1 N–H and O–H groups in total. The van der Waals surface area contributed by atoms with Gasteiger partial charge >= 0.3 is 0 Å². The van der Waals surface area contributed by atoms with E-state index in [1.54, 1.807) is 0 Å². The third kappa shape index (κ3) is 5.28. The van der Waals surface area contributed by atoms with Crippen molar-refractivity contribution >= 4 is 0 Å². The third-order valence-electron chi connectivity index (χ3n) is 2.94. The second kappa shape index (κ2) is 7.25. The summed E-state index contributed by atoms with van der Waals surface area (Å²) in [6.07, 6.45) is 4.59. The van der Waals surface area contributed by atoms with Gasteiger partial charge < -0.3 is 14.8 Å². The maximum Gasteiger partial charge on any atom is 0.0675 e. The fraction of sp³-hybridized carbons (Fsp3) is 1.00. The van der Waals surface area contributed by atoms with E-state index in [1.165, 1.54) is 6.42 Å². The van der Waals surface area contributed by atoms with Crippen LogP contribution in [-0.4, -0.2) is 37.5 Å². The molecule has 3 heteroatoms. The van der Waals surface area contributed by atoms with Gasteiger partial charge in [0.05, 0.1) is 24.4 Å². The summed E-state index contributed by atoms with van der Waals surface area (Å²) in [6.45, 7) is 10.6. The summed E-state index contributed by atoms with van der Waals surface area (Å²) in [7, 11) is 0. The first-order valence-corrected chi connectivity index (χ1v) is 6.63. The Balaban J connectivity index is 2.19. The van der Waals surface area contributed by atoms with Crippen molar-refractivity contribution in [2.24, 2.45) is 0 Å². The zero-order chi connectivity index (χ0) is 12.0. The average molecular weight is 229 g/mol. The Kier molecular flexibility index (Phi) is 6.32. The Morgan fingerprint density at radius 3 is 2.50 bits per heavy atom. The molecule has 3 nitrogen and oxygen atoms in total. The summed E-state index contributed by atoms with van der Waals surface area (Å²) < 4.78 is 11.7. The topological polar surface area (TPSA) is 30.5 Å². The fourth-order valence-corrected chi connectivity index (χ4v) is 2.31. The lowest BCUT2D eigenvalue weighted by atomic mass is 10.0. The monoisotopic (exact) mass is 229 g/mol. The van der Waals surface area contributed by atoms with E-state index in [1.807, 2.05) is 0 Å². The minimum Gasteiger partial charge on any atom is -0.375 e. The molecule has 0 aliphatic carbocycles. The highest BCUT2D eigenvalue weighted by atomic mass is 16.5. The molecule has 96 valence electrons. The predicted molar refractivity (Wildman–Crippen MR) is 66.7 cm³/mol. The molecule has 0 aromatic rings. The summed E-state index contributed by atoms with van der Waals surface area (Å²) in [5, 5.41) is 3.39. The second-order valence-corrected chi connectivity index (χ2v) is 5.00. The van der Waals surface area contributed by atoms with E-state index in [-0.39, 0.29) is 0 Å². The van der Waals surface area contributed by atoms with Gasteiger partial charge in [0.15, 0.2) is 0 Å². The fourth-order valence-electron chi connectivity index (χ4n) is 2.31. The molecule has 0 aromatic heterocycles. The van der Waals surface area contributed by atoms with Crippen LogP contribution < -0.4 is 5.32 Å². The molecule has 16 heavy (non-hydrogen) atoms. The van der Waals surface area contributed by atoms with Crippen LogP contribution in [0.15, 0.2) is 0 Å². The zero-order valence-electron chi connectivity index (χ0n) is 11.2.